The van der Waals surface area contributed by atoms with Crippen molar-refractivity contribution in [3.05, 3.63) is 24.5 Å². The van der Waals surface area contributed by atoms with Gasteiger partial charge in [0.1, 0.15) is 0 Å². The summed E-state index contributed by atoms with van der Waals surface area (Å²) >= 11 is 0. The highest BCUT2D eigenvalue weighted by molar-refractivity contribution is 4.73. The van der Waals surface area contributed by atoms with E-state index in [0.717, 1.165) is 12.7 Å². The third-order valence-corrected chi connectivity index (χ3v) is 0.620. The first-order valence-corrected chi connectivity index (χ1v) is 3.19. The van der Waals surface area contributed by atoms with E-state index in [0.29, 0.717) is 0 Å². The van der Waals surface area contributed by atoms with E-state index < -0.39 is 0 Å². The number of hydrogen-bond donors (Lipinski definition) is 1. The fraction of sp³-hybridized carbons (Fsp3) is 0.500. The van der Waals surface area contributed by atoms with Crippen molar-refractivity contribution < 1.29 is 5.11 Å². The molecular weight excluding hydrogens is 112 g/mol. The van der Waals surface area contributed by atoms with Gasteiger partial charge in [-0.15, -0.1) is 0 Å². The third-order valence-electron chi connectivity index (χ3n) is 0.620. The monoisotopic (exact) mass is 128 g/mol. The van der Waals surface area contributed by atoms with Crippen LogP contribution in [0.5, 0.6) is 0 Å². The second-order valence-corrected chi connectivity index (χ2v) is 1.46. The lowest BCUT2D eigenvalue weighted by atomic mass is 10.4. The standard InChI is InChI=1S/C5H10.C3H6O/c1-3-5-4-2;1-2-3-4/h3,5H,4H2,1-2H3;2-4H,1H3. The van der Waals surface area contributed by atoms with Crippen molar-refractivity contribution in [2.45, 2.75) is 27.2 Å². The van der Waals surface area contributed by atoms with Crippen molar-refractivity contribution in [2.24, 2.45) is 0 Å². The van der Waals surface area contributed by atoms with Gasteiger partial charge in [-0.1, -0.05) is 25.2 Å². The zero-order valence-corrected chi connectivity index (χ0v) is 6.46. The van der Waals surface area contributed by atoms with Gasteiger partial charge in [-0.25, -0.2) is 0 Å². The second kappa shape index (κ2) is 15.7. The molecule has 0 saturated carbocycles. The first-order chi connectivity index (χ1) is 4.33. The molecule has 0 heterocycles. The average Bonchev–Trinajstić information content (AvgIpc) is 1.91. The third kappa shape index (κ3) is 39.0. The summed E-state index contributed by atoms with van der Waals surface area (Å²) in [6, 6.07) is 0. The van der Waals surface area contributed by atoms with Gasteiger partial charge in [0.25, 0.3) is 0 Å². The number of aliphatic hydroxyl groups excluding tert-OH is 1. The van der Waals surface area contributed by atoms with Crippen molar-refractivity contribution in [1.82, 2.24) is 0 Å². The molecule has 0 aromatic heterocycles. The second-order valence-electron chi connectivity index (χ2n) is 1.46. The molecule has 0 spiro atoms. The Kier molecular flexibility index (Phi) is 19.4. The molecular formula is C8H16O. The predicted molar refractivity (Wildman–Crippen MR) is 42.5 cm³/mol. The summed E-state index contributed by atoms with van der Waals surface area (Å²) in [5.74, 6) is 0. The van der Waals surface area contributed by atoms with E-state index in [9.17, 15) is 0 Å². The maximum absolute atomic E-state index is 7.69. The molecule has 1 nitrogen and oxygen atoms in total. The maximum Gasteiger partial charge on any atom is 0.0748 e. The van der Waals surface area contributed by atoms with Crippen LogP contribution in [-0.2, 0) is 0 Å². The van der Waals surface area contributed by atoms with E-state index in [4.69, 9.17) is 5.11 Å². The Labute approximate surface area is 57.7 Å². The largest absolute Gasteiger partial charge is 0.516 e. The van der Waals surface area contributed by atoms with E-state index >= 15 is 0 Å². The van der Waals surface area contributed by atoms with Gasteiger partial charge >= 0.3 is 0 Å². The van der Waals surface area contributed by atoms with Crippen LogP contribution >= 0.6 is 0 Å². The Hall–Kier alpha value is -0.720. The fourth-order valence-electron chi connectivity index (χ4n) is 0.236. The molecule has 0 aliphatic carbocycles. The molecule has 0 fully saturated rings. The molecule has 0 unspecified atom stereocenters. The van der Waals surface area contributed by atoms with E-state index in [1.54, 1.807) is 13.0 Å². The fourth-order valence-corrected chi connectivity index (χ4v) is 0.236. The van der Waals surface area contributed by atoms with Crippen LogP contribution in [0.4, 0.5) is 0 Å². The first-order valence-electron chi connectivity index (χ1n) is 3.19. The number of aliphatic hydroxyl groups is 1. The zero-order chi connectivity index (χ0) is 7.54. The minimum absolute atomic E-state index is 1.00. The van der Waals surface area contributed by atoms with Gasteiger partial charge in [0.2, 0.25) is 0 Å². The molecule has 0 aromatic carbocycles. The number of rotatable bonds is 1. The van der Waals surface area contributed by atoms with Crippen LogP contribution < -0.4 is 0 Å². The molecule has 9 heavy (non-hydrogen) atoms. The Morgan fingerprint density at radius 1 is 1.22 bits per heavy atom. The van der Waals surface area contributed by atoms with Gasteiger partial charge in [0.05, 0.1) is 6.26 Å². The first kappa shape index (κ1) is 11.1. The van der Waals surface area contributed by atoms with Crippen molar-refractivity contribution in [1.29, 1.82) is 0 Å². The summed E-state index contributed by atoms with van der Waals surface area (Å²) < 4.78 is 0. The summed E-state index contributed by atoms with van der Waals surface area (Å²) in [5, 5.41) is 7.69. The van der Waals surface area contributed by atoms with E-state index in [1.165, 1.54) is 0 Å². The highest BCUT2D eigenvalue weighted by Gasteiger charge is 1.52. The van der Waals surface area contributed by atoms with Crippen LogP contribution in [0.2, 0.25) is 0 Å². The molecule has 1 N–H and O–H groups in total. The Morgan fingerprint density at radius 3 is 1.67 bits per heavy atom. The van der Waals surface area contributed by atoms with Crippen molar-refractivity contribution in [3.63, 3.8) is 0 Å². The normalized spacial score (nSPS) is 9.67. The molecule has 0 aromatic rings. The summed E-state index contributed by atoms with van der Waals surface area (Å²) in [7, 11) is 0. The lowest BCUT2D eigenvalue weighted by Gasteiger charge is -1.65. The topological polar surface area (TPSA) is 20.2 Å². The van der Waals surface area contributed by atoms with Gasteiger partial charge in [-0.2, -0.15) is 0 Å². The van der Waals surface area contributed by atoms with Crippen LogP contribution in [0.3, 0.4) is 0 Å². The molecule has 0 aliphatic heterocycles. The summed E-state index contributed by atoms with van der Waals surface area (Å²) in [6.45, 7) is 5.91. The molecule has 1 heteroatoms. The number of allylic oxidation sites excluding steroid dienone is 3. The van der Waals surface area contributed by atoms with Crippen molar-refractivity contribution in [3.8, 4) is 0 Å². The van der Waals surface area contributed by atoms with Gasteiger partial charge < -0.3 is 5.11 Å². The van der Waals surface area contributed by atoms with Crippen LogP contribution in [-0.4, -0.2) is 5.11 Å². The maximum atomic E-state index is 7.69. The molecule has 54 valence electrons. The molecule has 0 rings (SSSR count). The van der Waals surface area contributed by atoms with Crippen LogP contribution in [0.25, 0.3) is 0 Å². The molecule has 0 atom stereocenters. The molecule has 0 bridgehead atoms. The predicted octanol–water partition coefficient (Wildman–Crippen LogP) is 3.05. The van der Waals surface area contributed by atoms with Gasteiger partial charge in [0.15, 0.2) is 0 Å². The van der Waals surface area contributed by atoms with E-state index in [-0.39, 0.29) is 0 Å². The highest BCUT2D eigenvalue weighted by Crippen LogP contribution is 1.73. The molecule has 0 saturated heterocycles. The summed E-state index contributed by atoms with van der Waals surface area (Å²) in [5.41, 5.74) is 0. The van der Waals surface area contributed by atoms with Crippen LogP contribution in [0.1, 0.15) is 27.2 Å². The quantitative estimate of drug-likeness (QED) is 0.425. The average molecular weight is 128 g/mol. The summed E-state index contributed by atoms with van der Waals surface area (Å²) in [4.78, 5) is 0. The Bertz CT molecular complexity index is 68.6. The number of hydrogen-bond acceptors (Lipinski definition) is 1. The summed E-state index contributed by atoms with van der Waals surface area (Å²) in [6.07, 6.45) is 7.90. The minimum Gasteiger partial charge on any atom is -0.516 e. The van der Waals surface area contributed by atoms with Crippen molar-refractivity contribution >= 4 is 0 Å². The molecule has 0 radical (unpaired) electrons. The van der Waals surface area contributed by atoms with E-state index in [2.05, 4.69) is 19.1 Å². The Morgan fingerprint density at radius 2 is 1.67 bits per heavy atom. The SMILES string of the molecule is CC=CCC.CC=CO. The lowest BCUT2D eigenvalue weighted by Crippen LogP contribution is -1.43. The van der Waals surface area contributed by atoms with Gasteiger partial charge in [-0.05, 0) is 20.3 Å². The lowest BCUT2D eigenvalue weighted by molar-refractivity contribution is 0.472. The van der Waals surface area contributed by atoms with E-state index in [1.807, 2.05) is 6.92 Å². The molecule has 0 aliphatic rings. The van der Waals surface area contributed by atoms with Crippen LogP contribution in [0, 0.1) is 0 Å². The minimum atomic E-state index is 1.00. The van der Waals surface area contributed by atoms with Crippen molar-refractivity contribution in [2.75, 3.05) is 0 Å². The highest BCUT2D eigenvalue weighted by atomic mass is 16.2. The smallest absolute Gasteiger partial charge is 0.0748 e. The Balaban J connectivity index is 0. The molecule has 0 amide bonds. The van der Waals surface area contributed by atoms with Gasteiger partial charge in [-0.3, -0.25) is 0 Å². The van der Waals surface area contributed by atoms with Gasteiger partial charge in [0, 0.05) is 0 Å². The zero-order valence-electron chi connectivity index (χ0n) is 6.46. The van der Waals surface area contributed by atoms with Crippen LogP contribution in [0.15, 0.2) is 24.5 Å².